The molecule has 1 aromatic heterocycles. The van der Waals surface area contributed by atoms with E-state index in [1.807, 2.05) is 6.92 Å². The minimum absolute atomic E-state index is 0. The molecule has 0 aliphatic carbocycles. The van der Waals surface area contributed by atoms with Gasteiger partial charge in [0.05, 0.1) is 0 Å². The van der Waals surface area contributed by atoms with Crippen LogP contribution in [0, 0.1) is 6.92 Å². The van der Waals surface area contributed by atoms with Crippen LogP contribution in [-0.2, 0) is 10.0 Å². The van der Waals surface area contributed by atoms with Gasteiger partial charge in [-0.1, -0.05) is 0 Å². The summed E-state index contributed by atoms with van der Waals surface area (Å²) in [5, 5.41) is 3.27. The molecule has 0 unspecified atom stereocenters. The molecule has 0 radical (unpaired) electrons. The quantitative estimate of drug-likeness (QED) is 0.850. The molecule has 0 atom stereocenters. The molecule has 1 aromatic rings. The Labute approximate surface area is 108 Å². The summed E-state index contributed by atoms with van der Waals surface area (Å²) in [6.07, 6.45) is 1.53. The Bertz CT molecular complexity index is 472. The fraction of sp³-hybridized carbons (Fsp3) is 0.500. The molecule has 0 aromatic carbocycles. The highest BCUT2D eigenvalue weighted by Crippen LogP contribution is 2.14. The van der Waals surface area contributed by atoms with Crippen LogP contribution in [0.1, 0.15) is 5.56 Å². The second-order valence-electron chi connectivity index (χ2n) is 3.83. The predicted molar refractivity (Wildman–Crippen MR) is 67.9 cm³/mol. The Kier molecular flexibility index (Phi) is 4.88. The van der Waals surface area contributed by atoms with Gasteiger partial charge in [-0.15, -0.1) is 12.4 Å². The van der Waals surface area contributed by atoms with E-state index in [4.69, 9.17) is 0 Å². The molecule has 0 saturated carbocycles. The molecule has 1 fully saturated rings. The van der Waals surface area contributed by atoms with Crippen molar-refractivity contribution >= 4 is 22.4 Å². The summed E-state index contributed by atoms with van der Waals surface area (Å²) < 4.78 is 25.8. The average Bonchev–Trinajstić information content (AvgIpc) is 2.30. The van der Waals surface area contributed by atoms with Gasteiger partial charge < -0.3 is 5.32 Å². The van der Waals surface area contributed by atoms with Crippen LogP contribution in [0.4, 0.5) is 0 Å². The first-order chi connectivity index (χ1) is 7.60. The SMILES string of the molecule is Cc1ccnc(S(=O)(=O)N2CCNCC2)c1.Cl. The molecule has 2 rings (SSSR count). The first-order valence-corrected chi connectivity index (χ1v) is 6.68. The van der Waals surface area contributed by atoms with Crippen molar-refractivity contribution in [2.24, 2.45) is 0 Å². The van der Waals surface area contributed by atoms with E-state index in [1.165, 1.54) is 10.5 Å². The Morgan fingerprint density at radius 2 is 2.00 bits per heavy atom. The van der Waals surface area contributed by atoms with E-state index >= 15 is 0 Å². The number of nitrogens with one attached hydrogen (secondary N) is 1. The van der Waals surface area contributed by atoms with E-state index in [0.717, 1.165) is 5.56 Å². The van der Waals surface area contributed by atoms with Crippen LogP contribution in [-0.4, -0.2) is 43.9 Å². The largest absolute Gasteiger partial charge is 0.314 e. The maximum absolute atomic E-state index is 12.2. The van der Waals surface area contributed by atoms with Crippen LogP contribution in [0.15, 0.2) is 23.4 Å². The number of hydrogen-bond donors (Lipinski definition) is 1. The number of aromatic nitrogens is 1. The van der Waals surface area contributed by atoms with E-state index in [2.05, 4.69) is 10.3 Å². The molecular weight excluding hydrogens is 262 g/mol. The molecule has 96 valence electrons. The van der Waals surface area contributed by atoms with Crippen LogP contribution in [0.3, 0.4) is 0 Å². The van der Waals surface area contributed by atoms with Crippen molar-refractivity contribution in [3.05, 3.63) is 23.9 Å². The number of sulfonamides is 1. The summed E-state index contributed by atoms with van der Waals surface area (Å²) in [5.74, 6) is 0. The zero-order chi connectivity index (χ0) is 11.6. The van der Waals surface area contributed by atoms with Crippen molar-refractivity contribution in [1.82, 2.24) is 14.6 Å². The molecule has 17 heavy (non-hydrogen) atoms. The lowest BCUT2D eigenvalue weighted by Gasteiger charge is -2.26. The molecule has 1 N–H and O–H groups in total. The highest BCUT2D eigenvalue weighted by Gasteiger charge is 2.26. The van der Waals surface area contributed by atoms with Crippen molar-refractivity contribution in [3.8, 4) is 0 Å². The second-order valence-corrected chi connectivity index (χ2v) is 5.71. The molecule has 1 aliphatic rings. The van der Waals surface area contributed by atoms with Crippen molar-refractivity contribution in [2.45, 2.75) is 11.9 Å². The highest BCUT2D eigenvalue weighted by molar-refractivity contribution is 7.89. The van der Waals surface area contributed by atoms with E-state index in [-0.39, 0.29) is 17.4 Å². The molecule has 7 heteroatoms. The summed E-state index contributed by atoms with van der Waals surface area (Å²) >= 11 is 0. The Morgan fingerprint density at radius 1 is 1.35 bits per heavy atom. The number of pyridine rings is 1. The van der Waals surface area contributed by atoms with Gasteiger partial charge in [-0.25, -0.2) is 13.4 Å². The molecular formula is C10H16ClN3O2S. The van der Waals surface area contributed by atoms with Gasteiger partial charge in [-0.05, 0) is 24.6 Å². The number of halogens is 1. The van der Waals surface area contributed by atoms with Crippen molar-refractivity contribution < 1.29 is 8.42 Å². The van der Waals surface area contributed by atoms with Gasteiger partial charge in [-0.2, -0.15) is 4.31 Å². The van der Waals surface area contributed by atoms with Crippen LogP contribution < -0.4 is 5.32 Å². The molecule has 0 spiro atoms. The zero-order valence-corrected chi connectivity index (χ0v) is 11.2. The number of rotatable bonds is 2. The smallest absolute Gasteiger partial charge is 0.260 e. The van der Waals surface area contributed by atoms with Gasteiger partial charge in [0, 0.05) is 32.4 Å². The van der Waals surface area contributed by atoms with Gasteiger partial charge in [-0.3, -0.25) is 0 Å². The van der Waals surface area contributed by atoms with E-state index in [1.54, 1.807) is 12.1 Å². The fourth-order valence-electron chi connectivity index (χ4n) is 1.67. The van der Waals surface area contributed by atoms with E-state index in [0.29, 0.717) is 26.2 Å². The standard InChI is InChI=1S/C10H15N3O2S.ClH/c1-9-2-3-12-10(8-9)16(14,15)13-6-4-11-5-7-13;/h2-3,8,11H,4-7H2,1H3;1H. The maximum Gasteiger partial charge on any atom is 0.260 e. The van der Waals surface area contributed by atoms with Crippen LogP contribution in [0.5, 0.6) is 0 Å². The highest BCUT2D eigenvalue weighted by atomic mass is 35.5. The van der Waals surface area contributed by atoms with Gasteiger partial charge in [0.25, 0.3) is 10.0 Å². The number of piperazine rings is 1. The van der Waals surface area contributed by atoms with Crippen molar-refractivity contribution in [2.75, 3.05) is 26.2 Å². The number of hydrogen-bond acceptors (Lipinski definition) is 4. The summed E-state index contributed by atoms with van der Waals surface area (Å²) in [6, 6.07) is 3.40. The predicted octanol–water partition coefficient (Wildman–Crippen LogP) is 0.406. The average molecular weight is 278 g/mol. The fourth-order valence-corrected chi connectivity index (χ4v) is 3.12. The maximum atomic E-state index is 12.2. The lowest BCUT2D eigenvalue weighted by Crippen LogP contribution is -2.46. The van der Waals surface area contributed by atoms with Crippen LogP contribution in [0.25, 0.3) is 0 Å². The van der Waals surface area contributed by atoms with Gasteiger partial charge in [0.1, 0.15) is 0 Å². The Morgan fingerprint density at radius 3 is 2.59 bits per heavy atom. The molecule has 0 amide bonds. The third-order valence-corrected chi connectivity index (χ3v) is 4.37. The second kappa shape index (κ2) is 5.77. The van der Waals surface area contributed by atoms with Gasteiger partial charge >= 0.3 is 0 Å². The molecule has 5 nitrogen and oxygen atoms in total. The lowest BCUT2D eigenvalue weighted by molar-refractivity contribution is 0.359. The minimum atomic E-state index is -3.40. The first-order valence-electron chi connectivity index (χ1n) is 5.24. The minimum Gasteiger partial charge on any atom is -0.314 e. The summed E-state index contributed by atoms with van der Waals surface area (Å²) in [5.41, 5.74) is 0.906. The van der Waals surface area contributed by atoms with Crippen molar-refractivity contribution in [3.63, 3.8) is 0 Å². The Hall–Kier alpha value is -0.690. The number of aryl methyl sites for hydroxylation is 1. The zero-order valence-electron chi connectivity index (χ0n) is 9.59. The van der Waals surface area contributed by atoms with Crippen LogP contribution >= 0.6 is 12.4 Å². The lowest BCUT2D eigenvalue weighted by atomic mass is 10.3. The normalized spacial score (nSPS) is 17.5. The summed E-state index contributed by atoms with van der Waals surface area (Å²) in [4.78, 5) is 3.94. The third-order valence-electron chi connectivity index (χ3n) is 2.57. The monoisotopic (exact) mass is 277 g/mol. The van der Waals surface area contributed by atoms with E-state index < -0.39 is 10.0 Å². The summed E-state index contributed by atoms with van der Waals surface area (Å²) in [7, 11) is -3.40. The molecule has 2 heterocycles. The van der Waals surface area contributed by atoms with E-state index in [9.17, 15) is 8.42 Å². The molecule has 1 aliphatic heterocycles. The molecule has 0 bridgehead atoms. The van der Waals surface area contributed by atoms with Crippen LogP contribution in [0.2, 0.25) is 0 Å². The molecule has 1 saturated heterocycles. The number of nitrogens with zero attached hydrogens (tertiary/aromatic N) is 2. The third kappa shape index (κ3) is 3.16. The topological polar surface area (TPSA) is 62.3 Å². The van der Waals surface area contributed by atoms with Crippen molar-refractivity contribution in [1.29, 1.82) is 0 Å². The summed E-state index contributed by atoms with van der Waals surface area (Å²) in [6.45, 7) is 4.28. The Balaban J connectivity index is 0.00000144. The first kappa shape index (κ1) is 14.4. The van der Waals surface area contributed by atoms with Gasteiger partial charge in [0.15, 0.2) is 5.03 Å². The van der Waals surface area contributed by atoms with Gasteiger partial charge in [0.2, 0.25) is 0 Å².